The van der Waals surface area contributed by atoms with E-state index < -0.39 is 12.1 Å². The summed E-state index contributed by atoms with van der Waals surface area (Å²) in [5.41, 5.74) is 1.86. The van der Waals surface area contributed by atoms with E-state index in [0.29, 0.717) is 11.5 Å². The topological polar surface area (TPSA) is 46.5 Å². The van der Waals surface area contributed by atoms with Crippen LogP contribution < -0.4 is 0 Å². The second-order valence-electron chi connectivity index (χ2n) is 4.71. The molecule has 1 fully saturated rings. The van der Waals surface area contributed by atoms with E-state index in [1.807, 2.05) is 23.9 Å². The van der Waals surface area contributed by atoms with Gasteiger partial charge in [0.05, 0.1) is 6.61 Å². The van der Waals surface area contributed by atoms with E-state index in [2.05, 4.69) is 6.07 Å². The van der Waals surface area contributed by atoms with Crippen LogP contribution in [-0.4, -0.2) is 29.2 Å². The highest BCUT2D eigenvalue weighted by Crippen LogP contribution is 2.32. The van der Waals surface area contributed by atoms with Crippen molar-refractivity contribution in [2.45, 2.75) is 31.8 Å². The second-order valence-corrected chi connectivity index (χ2v) is 5.94. The van der Waals surface area contributed by atoms with Crippen molar-refractivity contribution < 1.29 is 14.6 Å². The Kier molecular flexibility index (Phi) is 5.28. The number of aliphatic hydroxyl groups excluding tert-OH is 1. The molecule has 1 atom stereocenters. The van der Waals surface area contributed by atoms with Gasteiger partial charge in [0, 0.05) is 0 Å². The molecule has 4 heteroatoms. The van der Waals surface area contributed by atoms with Crippen molar-refractivity contribution in [2.75, 3.05) is 18.1 Å². The molecule has 3 nitrogen and oxygen atoms in total. The maximum Gasteiger partial charge on any atom is 0.339 e. The monoisotopic (exact) mass is 280 g/mol. The van der Waals surface area contributed by atoms with Crippen molar-refractivity contribution in [1.82, 2.24) is 0 Å². The van der Waals surface area contributed by atoms with Crippen LogP contribution in [0.25, 0.3) is 0 Å². The predicted molar refractivity (Wildman–Crippen MR) is 77.3 cm³/mol. The largest absolute Gasteiger partial charge is 0.464 e. The zero-order valence-electron chi connectivity index (χ0n) is 11.2. The van der Waals surface area contributed by atoms with Gasteiger partial charge in [0.25, 0.3) is 0 Å². The van der Waals surface area contributed by atoms with Crippen molar-refractivity contribution >= 4 is 17.7 Å². The quantitative estimate of drug-likeness (QED) is 0.861. The Labute approximate surface area is 118 Å². The predicted octanol–water partition coefficient (Wildman–Crippen LogP) is 2.89. The Hall–Kier alpha value is -1.00. The van der Waals surface area contributed by atoms with Gasteiger partial charge in [-0.25, -0.2) is 4.79 Å². The second kappa shape index (κ2) is 6.96. The number of benzene rings is 1. The molecule has 104 valence electrons. The molecule has 0 saturated carbocycles. The van der Waals surface area contributed by atoms with Crippen molar-refractivity contribution in [3.8, 4) is 0 Å². The first-order valence-electron chi connectivity index (χ1n) is 6.74. The first-order valence-corrected chi connectivity index (χ1v) is 7.90. The van der Waals surface area contributed by atoms with Gasteiger partial charge in [0.1, 0.15) is 0 Å². The first kappa shape index (κ1) is 14.4. The molecule has 0 amide bonds. The number of carbonyl (C=O) groups excluding carboxylic acids is 1. The van der Waals surface area contributed by atoms with Crippen LogP contribution >= 0.6 is 11.8 Å². The lowest BCUT2D eigenvalue weighted by molar-refractivity contribution is -0.153. The van der Waals surface area contributed by atoms with Gasteiger partial charge in [-0.2, -0.15) is 11.8 Å². The number of rotatable bonds is 4. The molecule has 1 N–H and O–H groups in total. The Morgan fingerprint density at radius 3 is 2.89 bits per heavy atom. The maximum atomic E-state index is 11.6. The summed E-state index contributed by atoms with van der Waals surface area (Å²) in [4.78, 5) is 11.6. The third kappa shape index (κ3) is 3.74. The molecule has 1 aromatic carbocycles. The van der Waals surface area contributed by atoms with E-state index in [1.54, 1.807) is 13.0 Å². The van der Waals surface area contributed by atoms with E-state index in [-0.39, 0.29) is 6.61 Å². The van der Waals surface area contributed by atoms with Gasteiger partial charge in [-0.15, -0.1) is 0 Å². The Balaban J connectivity index is 2.11. The Morgan fingerprint density at radius 2 is 2.21 bits per heavy atom. The van der Waals surface area contributed by atoms with Gasteiger partial charge in [-0.05, 0) is 48.3 Å². The normalized spacial score (nSPS) is 18.0. The van der Waals surface area contributed by atoms with E-state index >= 15 is 0 Å². The first-order chi connectivity index (χ1) is 9.22. The third-order valence-electron chi connectivity index (χ3n) is 3.43. The highest BCUT2D eigenvalue weighted by atomic mass is 32.2. The number of ether oxygens (including phenoxy) is 1. The molecule has 1 saturated heterocycles. The maximum absolute atomic E-state index is 11.6. The summed E-state index contributed by atoms with van der Waals surface area (Å²) < 4.78 is 4.85. The minimum atomic E-state index is -1.17. The molecule has 0 aromatic heterocycles. The average molecular weight is 280 g/mol. The van der Waals surface area contributed by atoms with E-state index in [0.717, 1.165) is 0 Å². The molecule has 1 unspecified atom stereocenters. The van der Waals surface area contributed by atoms with Crippen molar-refractivity contribution in [3.63, 3.8) is 0 Å². The minimum absolute atomic E-state index is 0.287. The van der Waals surface area contributed by atoms with Crippen LogP contribution in [0.15, 0.2) is 24.3 Å². The smallest absolute Gasteiger partial charge is 0.339 e. The number of thioether (sulfide) groups is 1. The number of aliphatic hydroxyl groups is 1. The van der Waals surface area contributed by atoms with Crippen LogP contribution in [0, 0.1) is 0 Å². The van der Waals surface area contributed by atoms with E-state index in [9.17, 15) is 9.90 Å². The van der Waals surface area contributed by atoms with Gasteiger partial charge in [0.2, 0.25) is 0 Å². The van der Waals surface area contributed by atoms with Crippen LogP contribution in [-0.2, 0) is 9.53 Å². The van der Waals surface area contributed by atoms with Gasteiger partial charge in [0.15, 0.2) is 6.10 Å². The molecule has 1 aliphatic rings. The number of hydrogen-bond donors (Lipinski definition) is 1. The van der Waals surface area contributed by atoms with Crippen LogP contribution in [0.1, 0.15) is 42.9 Å². The molecule has 1 heterocycles. The lowest BCUT2D eigenvalue weighted by Gasteiger charge is -2.22. The average Bonchev–Trinajstić information content (AvgIpc) is 2.48. The van der Waals surface area contributed by atoms with Gasteiger partial charge >= 0.3 is 5.97 Å². The molecular formula is C15H20O3S. The van der Waals surface area contributed by atoms with Crippen molar-refractivity contribution in [2.24, 2.45) is 0 Å². The lowest BCUT2D eigenvalue weighted by Crippen LogP contribution is -2.16. The van der Waals surface area contributed by atoms with E-state index in [4.69, 9.17) is 4.74 Å². The van der Waals surface area contributed by atoms with Gasteiger partial charge in [-0.1, -0.05) is 24.3 Å². The highest BCUT2D eigenvalue weighted by molar-refractivity contribution is 7.99. The molecule has 0 aliphatic carbocycles. The van der Waals surface area contributed by atoms with Crippen LogP contribution in [0.5, 0.6) is 0 Å². The molecular weight excluding hydrogens is 260 g/mol. The summed E-state index contributed by atoms with van der Waals surface area (Å²) in [5, 5.41) is 9.96. The fourth-order valence-electron chi connectivity index (χ4n) is 2.37. The van der Waals surface area contributed by atoms with Crippen molar-refractivity contribution in [3.05, 3.63) is 35.4 Å². The summed E-state index contributed by atoms with van der Waals surface area (Å²) in [7, 11) is 0. The zero-order chi connectivity index (χ0) is 13.7. The number of carbonyl (C=O) groups is 1. The van der Waals surface area contributed by atoms with Gasteiger partial charge in [-0.3, -0.25) is 0 Å². The number of hydrogen-bond acceptors (Lipinski definition) is 4. The standard InChI is InChI=1S/C15H20O3S/c1-2-18-15(17)14(16)13-5-3-4-12(10-13)11-6-8-19-9-7-11/h3-5,10-11,14,16H,2,6-9H2,1H3. The fraction of sp³-hybridized carbons (Fsp3) is 0.533. The minimum Gasteiger partial charge on any atom is -0.464 e. The molecule has 0 spiro atoms. The van der Waals surface area contributed by atoms with Crippen molar-refractivity contribution in [1.29, 1.82) is 0 Å². The molecule has 1 aromatic rings. The summed E-state index contributed by atoms with van der Waals surface area (Å²) in [6.45, 7) is 2.02. The molecule has 0 radical (unpaired) electrons. The third-order valence-corrected chi connectivity index (χ3v) is 4.48. The summed E-state index contributed by atoms with van der Waals surface area (Å²) >= 11 is 1.99. The molecule has 2 rings (SSSR count). The van der Waals surface area contributed by atoms with Crippen LogP contribution in [0.2, 0.25) is 0 Å². The van der Waals surface area contributed by atoms with Gasteiger partial charge < -0.3 is 9.84 Å². The Bertz CT molecular complexity index is 427. The molecule has 1 aliphatic heterocycles. The number of esters is 1. The fourth-order valence-corrected chi connectivity index (χ4v) is 3.48. The summed E-state index contributed by atoms with van der Waals surface area (Å²) in [6, 6.07) is 7.72. The van der Waals surface area contributed by atoms with Crippen LogP contribution in [0.3, 0.4) is 0 Å². The van der Waals surface area contributed by atoms with Crippen LogP contribution in [0.4, 0.5) is 0 Å². The molecule has 0 bridgehead atoms. The summed E-state index contributed by atoms with van der Waals surface area (Å²) in [5.74, 6) is 2.36. The Morgan fingerprint density at radius 1 is 1.47 bits per heavy atom. The zero-order valence-corrected chi connectivity index (χ0v) is 12.0. The SMILES string of the molecule is CCOC(=O)C(O)c1cccc(C2CCSCC2)c1. The van der Waals surface area contributed by atoms with E-state index in [1.165, 1.54) is 29.9 Å². The lowest BCUT2D eigenvalue weighted by atomic mass is 9.91. The molecule has 19 heavy (non-hydrogen) atoms. The highest BCUT2D eigenvalue weighted by Gasteiger charge is 2.21. The summed E-state index contributed by atoms with van der Waals surface area (Å²) in [6.07, 6.45) is 1.17.